The Bertz CT molecular complexity index is 714. The molecule has 1 nitrogen and oxygen atoms in total. The molecule has 0 aliphatic rings. The van der Waals surface area contributed by atoms with Gasteiger partial charge in [-0.25, -0.2) is 0 Å². The highest BCUT2D eigenvalue weighted by atomic mass is 79.9. The quantitative estimate of drug-likeness (QED) is 0.433. The van der Waals surface area contributed by atoms with Gasteiger partial charge in [-0.3, -0.25) is 4.79 Å². The lowest BCUT2D eigenvalue weighted by Gasteiger charge is -2.23. The second-order valence-corrected chi connectivity index (χ2v) is 6.42. The van der Waals surface area contributed by atoms with Gasteiger partial charge in [0.15, 0.2) is 5.78 Å². The third-order valence-electron chi connectivity index (χ3n) is 3.92. The van der Waals surface area contributed by atoms with Gasteiger partial charge in [-0.15, -0.1) is 0 Å². The maximum Gasteiger partial charge on any atom is 0.177 e. The molecule has 0 N–H and O–H groups in total. The van der Waals surface area contributed by atoms with Crippen LogP contribution in [0.5, 0.6) is 0 Å². The zero-order chi connectivity index (χ0) is 16.1. The molecule has 0 saturated heterocycles. The van der Waals surface area contributed by atoms with Crippen LogP contribution >= 0.6 is 15.9 Å². The number of rotatable bonds is 5. The second-order valence-electron chi connectivity index (χ2n) is 5.43. The van der Waals surface area contributed by atoms with Gasteiger partial charge in [0.25, 0.3) is 0 Å². The minimum atomic E-state index is -0.310. The monoisotopic (exact) mass is 364 g/mol. The summed E-state index contributed by atoms with van der Waals surface area (Å²) in [7, 11) is 0. The van der Waals surface area contributed by atoms with Gasteiger partial charge < -0.3 is 0 Å². The molecule has 2 heteroatoms. The third kappa shape index (κ3) is 3.59. The van der Waals surface area contributed by atoms with Crippen molar-refractivity contribution in [1.82, 2.24) is 0 Å². The first-order chi connectivity index (χ1) is 11.3. The zero-order valence-corrected chi connectivity index (χ0v) is 14.2. The summed E-state index contributed by atoms with van der Waals surface area (Å²) >= 11 is 3.67. The number of Topliss-reactive ketones (excluding diaryl/α,β-unsaturated/α-hetero) is 1. The Hall–Kier alpha value is -2.19. The molecule has 1 atom stereocenters. The summed E-state index contributed by atoms with van der Waals surface area (Å²) in [4.78, 5) is 12.6. The Morgan fingerprint density at radius 2 is 1.04 bits per heavy atom. The van der Waals surface area contributed by atoms with Gasteiger partial charge in [0.05, 0.1) is 4.83 Å². The summed E-state index contributed by atoms with van der Waals surface area (Å²) in [5, 5.41) is 0. The van der Waals surface area contributed by atoms with Crippen LogP contribution in [0.4, 0.5) is 0 Å². The lowest BCUT2D eigenvalue weighted by molar-refractivity contribution is 0.0986. The fourth-order valence-electron chi connectivity index (χ4n) is 2.76. The Morgan fingerprint density at radius 1 is 0.652 bits per heavy atom. The average molecular weight is 365 g/mol. The van der Waals surface area contributed by atoms with Crippen molar-refractivity contribution >= 4 is 21.7 Å². The first kappa shape index (κ1) is 15.7. The van der Waals surface area contributed by atoms with Crippen molar-refractivity contribution in [2.45, 2.75) is 10.7 Å². The van der Waals surface area contributed by atoms with E-state index in [9.17, 15) is 4.79 Å². The van der Waals surface area contributed by atoms with Crippen LogP contribution in [-0.2, 0) is 0 Å². The van der Waals surface area contributed by atoms with E-state index in [-0.39, 0.29) is 16.5 Å². The van der Waals surface area contributed by atoms with Gasteiger partial charge in [0, 0.05) is 11.5 Å². The molecule has 0 bridgehead atoms. The SMILES string of the molecule is O=C(c1ccccc1)C(Br)C(c1ccccc1)c1ccccc1. The molecule has 23 heavy (non-hydrogen) atoms. The first-order valence-corrected chi connectivity index (χ1v) is 8.52. The lowest BCUT2D eigenvalue weighted by atomic mass is 9.86. The summed E-state index contributed by atoms with van der Waals surface area (Å²) in [5.74, 6) is 0.0772. The minimum absolute atomic E-state index is 0.0230. The molecule has 1 unspecified atom stereocenters. The van der Waals surface area contributed by atoms with Crippen LogP contribution in [0.25, 0.3) is 0 Å². The van der Waals surface area contributed by atoms with Gasteiger partial charge in [0.2, 0.25) is 0 Å². The minimum Gasteiger partial charge on any atom is -0.293 e. The van der Waals surface area contributed by atoms with E-state index in [1.165, 1.54) is 0 Å². The van der Waals surface area contributed by atoms with Gasteiger partial charge in [-0.05, 0) is 11.1 Å². The molecule has 0 spiro atoms. The highest BCUT2D eigenvalue weighted by Gasteiger charge is 2.29. The van der Waals surface area contributed by atoms with E-state index >= 15 is 0 Å². The molecule has 114 valence electrons. The molecular weight excluding hydrogens is 348 g/mol. The zero-order valence-electron chi connectivity index (χ0n) is 12.6. The van der Waals surface area contributed by atoms with Crippen molar-refractivity contribution in [1.29, 1.82) is 0 Å². The standard InChI is InChI=1S/C21H17BrO/c22-20(21(23)18-14-8-3-9-15-18)19(16-10-4-1-5-11-16)17-12-6-2-7-13-17/h1-15,19-20H. The van der Waals surface area contributed by atoms with Gasteiger partial charge in [0.1, 0.15) is 0 Å². The van der Waals surface area contributed by atoms with E-state index in [0.29, 0.717) is 0 Å². The van der Waals surface area contributed by atoms with Gasteiger partial charge in [-0.2, -0.15) is 0 Å². The van der Waals surface area contributed by atoms with Gasteiger partial charge >= 0.3 is 0 Å². The van der Waals surface area contributed by atoms with Crippen molar-refractivity contribution in [3.63, 3.8) is 0 Å². The summed E-state index contributed by atoms with van der Waals surface area (Å²) in [6, 6.07) is 29.8. The van der Waals surface area contributed by atoms with Crippen LogP contribution in [-0.4, -0.2) is 10.6 Å². The molecule has 0 saturated carbocycles. The van der Waals surface area contributed by atoms with Crippen molar-refractivity contribution in [2.24, 2.45) is 0 Å². The van der Waals surface area contributed by atoms with E-state index in [4.69, 9.17) is 0 Å². The highest BCUT2D eigenvalue weighted by molar-refractivity contribution is 9.10. The fourth-order valence-corrected chi connectivity index (χ4v) is 3.64. The number of halogens is 1. The maximum atomic E-state index is 12.9. The number of carbonyl (C=O) groups excluding carboxylic acids is 1. The molecule has 0 radical (unpaired) electrons. The molecule has 0 fully saturated rings. The summed E-state index contributed by atoms with van der Waals surface area (Å²) in [6.07, 6.45) is 0. The largest absolute Gasteiger partial charge is 0.293 e. The van der Waals surface area contributed by atoms with Crippen molar-refractivity contribution in [2.75, 3.05) is 0 Å². The highest BCUT2D eigenvalue weighted by Crippen LogP contribution is 2.34. The van der Waals surface area contributed by atoms with Crippen molar-refractivity contribution in [3.05, 3.63) is 108 Å². The molecule has 3 aromatic carbocycles. The smallest absolute Gasteiger partial charge is 0.177 e. The maximum absolute atomic E-state index is 12.9. The van der Waals surface area contributed by atoms with Gasteiger partial charge in [-0.1, -0.05) is 107 Å². The number of alkyl halides is 1. The Labute approximate surface area is 145 Å². The molecular formula is C21H17BrO. The summed E-state index contributed by atoms with van der Waals surface area (Å²) in [5.41, 5.74) is 2.99. The average Bonchev–Trinajstić information content (AvgIpc) is 2.64. The van der Waals surface area contributed by atoms with E-state index in [2.05, 4.69) is 40.2 Å². The molecule has 0 heterocycles. The number of ketones is 1. The van der Waals surface area contributed by atoms with Crippen molar-refractivity contribution in [3.8, 4) is 0 Å². The topological polar surface area (TPSA) is 17.1 Å². The van der Waals surface area contributed by atoms with Crippen LogP contribution < -0.4 is 0 Å². The molecule has 0 aliphatic heterocycles. The van der Waals surface area contributed by atoms with E-state index in [1.54, 1.807) is 0 Å². The fraction of sp³-hybridized carbons (Fsp3) is 0.0952. The van der Waals surface area contributed by atoms with Crippen LogP contribution in [0.15, 0.2) is 91.0 Å². The second kappa shape index (κ2) is 7.38. The summed E-state index contributed by atoms with van der Waals surface area (Å²) < 4.78 is 0. The third-order valence-corrected chi connectivity index (χ3v) is 4.86. The van der Waals surface area contributed by atoms with Crippen LogP contribution in [0.1, 0.15) is 27.4 Å². The number of hydrogen-bond donors (Lipinski definition) is 0. The van der Waals surface area contributed by atoms with Crippen LogP contribution in [0, 0.1) is 0 Å². The number of carbonyl (C=O) groups is 1. The van der Waals surface area contributed by atoms with E-state index < -0.39 is 0 Å². The molecule has 0 amide bonds. The molecule has 0 aromatic heterocycles. The van der Waals surface area contributed by atoms with Crippen molar-refractivity contribution < 1.29 is 4.79 Å². The van der Waals surface area contributed by atoms with E-state index in [1.807, 2.05) is 66.7 Å². The number of benzene rings is 3. The predicted molar refractivity (Wildman–Crippen MR) is 98.2 cm³/mol. The molecule has 3 aromatic rings. The first-order valence-electron chi connectivity index (χ1n) is 7.60. The molecule has 3 rings (SSSR count). The Morgan fingerprint density at radius 3 is 1.48 bits per heavy atom. The summed E-state index contributed by atoms with van der Waals surface area (Å²) in [6.45, 7) is 0. The van der Waals surface area contributed by atoms with Crippen LogP contribution in [0.2, 0.25) is 0 Å². The Kier molecular flexibility index (Phi) is 5.04. The normalized spacial score (nSPS) is 12.1. The van der Waals surface area contributed by atoms with Crippen LogP contribution in [0.3, 0.4) is 0 Å². The predicted octanol–water partition coefficient (Wildman–Crippen LogP) is 5.46. The molecule has 0 aliphatic carbocycles. The van der Waals surface area contributed by atoms with E-state index in [0.717, 1.165) is 16.7 Å². The Balaban J connectivity index is 2.00. The lowest BCUT2D eigenvalue weighted by Crippen LogP contribution is -2.23. The number of hydrogen-bond acceptors (Lipinski definition) is 1.